The minimum Gasteiger partial charge on any atom is -0.349 e. The number of nitrogens with one attached hydrogen (secondary N) is 2. The van der Waals surface area contributed by atoms with Crippen LogP contribution >= 0.6 is 11.8 Å². The molecule has 0 unspecified atom stereocenters. The maximum Gasteiger partial charge on any atom is 0.258 e. The lowest BCUT2D eigenvalue weighted by Gasteiger charge is -2.16. The van der Waals surface area contributed by atoms with Crippen LogP contribution in [-0.4, -0.2) is 22.6 Å². The lowest BCUT2D eigenvalue weighted by molar-refractivity contribution is -0.119. The zero-order valence-corrected chi connectivity index (χ0v) is 19.0. The summed E-state index contributed by atoms with van der Waals surface area (Å²) in [5.41, 5.74) is 4.94. The van der Waals surface area contributed by atoms with E-state index in [9.17, 15) is 9.59 Å². The van der Waals surface area contributed by atoms with Gasteiger partial charge in [0.15, 0.2) is 0 Å². The van der Waals surface area contributed by atoms with Gasteiger partial charge in [-0.05, 0) is 56.5 Å². The van der Waals surface area contributed by atoms with Gasteiger partial charge >= 0.3 is 0 Å². The highest BCUT2D eigenvalue weighted by Gasteiger charge is 2.19. The van der Waals surface area contributed by atoms with E-state index in [1.165, 1.54) is 11.8 Å². The van der Waals surface area contributed by atoms with Crippen molar-refractivity contribution in [3.63, 3.8) is 0 Å². The first kappa shape index (κ1) is 22.6. The summed E-state index contributed by atoms with van der Waals surface area (Å²) in [6.07, 6.45) is 0. The van der Waals surface area contributed by atoms with Gasteiger partial charge in [-0.1, -0.05) is 60.3 Å². The molecular weight excluding hydrogens is 406 g/mol. The molecule has 6 heteroatoms. The number of hydrogen-bond acceptors (Lipinski definition) is 4. The van der Waals surface area contributed by atoms with Crippen LogP contribution in [0.25, 0.3) is 0 Å². The summed E-state index contributed by atoms with van der Waals surface area (Å²) < 4.78 is 0. The van der Waals surface area contributed by atoms with E-state index in [0.29, 0.717) is 10.6 Å². The molecule has 3 aromatic rings. The van der Waals surface area contributed by atoms with Gasteiger partial charge in [0.2, 0.25) is 5.91 Å². The lowest BCUT2D eigenvalue weighted by Crippen LogP contribution is -2.28. The second-order valence-corrected chi connectivity index (χ2v) is 8.48. The minimum absolute atomic E-state index is 0.0923. The molecule has 0 spiro atoms. The van der Waals surface area contributed by atoms with Crippen molar-refractivity contribution in [2.24, 2.45) is 0 Å². The van der Waals surface area contributed by atoms with Gasteiger partial charge in [0.1, 0.15) is 5.03 Å². The first-order valence-electron chi connectivity index (χ1n) is 10.2. The van der Waals surface area contributed by atoms with Crippen molar-refractivity contribution in [3.8, 4) is 0 Å². The van der Waals surface area contributed by atoms with Crippen molar-refractivity contribution in [1.82, 2.24) is 10.3 Å². The molecule has 2 aromatic carbocycles. The molecule has 0 aliphatic carbocycles. The van der Waals surface area contributed by atoms with Crippen molar-refractivity contribution >= 4 is 29.3 Å². The average Bonchev–Trinajstić information content (AvgIpc) is 2.74. The number of amides is 2. The number of anilines is 1. The monoisotopic (exact) mass is 433 g/mol. The summed E-state index contributed by atoms with van der Waals surface area (Å²) in [6, 6.07) is 19.2. The molecule has 1 aromatic heterocycles. The van der Waals surface area contributed by atoms with Gasteiger partial charge in [0.05, 0.1) is 17.4 Å². The molecule has 5 nitrogen and oxygen atoms in total. The normalized spacial score (nSPS) is 11.6. The number of hydrogen-bond donors (Lipinski definition) is 2. The van der Waals surface area contributed by atoms with Gasteiger partial charge in [-0.3, -0.25) is 9.59 Å². The van der Waals surface area contributed by atoms with Crippen molar-refractivity contribution in [1.29, 1.82) is 0 Å². The first-order chi connectivity index (χ1) is 14.8. The predicted molar refractivity (Wildman–Crippen MR) is 127 cm³/mol. The Bertz CT molecular complexity index is 1080. The quantitative estimate of drug-likeness (QED) is 0.501. The Labute approximate surface area is 187 Å². The summed E-state index contributed by atoms with van der Waals surface area (Å²) in [5.74, 6) is -0.148. The zero-order chi connectivity index (χ0) is 22.4. The van der Waals surface area contributed by atoms with E-state index in [1.54, 1.807) is 0 Å². The summed E-state index contributed by atoms with van der Waals surface area (Å²) in [7, 11) is 0. The fourth-order valence-corrected chi connectivity index (χ4v) is 4.28. The van der Waals surface area contributed by atoms with Crippen LogP contribution in [0.1, 0.15) is 45.7 Å². The number of aryl methyl sites for hydroxylation is 3. The summed E-state index contributed by atoms with van der Waals surface area (Å²) >= 11 is 1.28. The number of nitrogens with zero attached hydrogens (tertiary/aromatic N) is 1. The maximum absolute atomic E-state index is 13.1. The van der Waals surface area contributed by atoms with Gasteiger partial charge in [0.25, 0.3) is 5.91 Å². The summed E-state index contributed by atoms with van der Waals surface area (Å²) in [6.45, 7) is 7.68. The standard InChI is InChI=1S/C25H27N3O2S/c1-16-10-8-9-13-21(16)28-24(30)23-17(2)14-18(3)26-25(23)31-15-22(29)27-19(4)20-11-6-5-7-12-20/h5-14,19H,15H2,1-4H3,(H,27,29)(H,28,30)/t19-/m1/s1. The molecule has 0 aliphatic heterocycles. The van der Waals surface area contributed by atoms with Crippen LogP contribution in [0.4, 0.5) is 5.69 Å². The Balaban J connectivity index is 1.73. The van der Waals surface area contributed by atoms with E-state index in [0.717, 1.165) is 28.1 Å². The van der Waals surface area contributed by atoms with Crippen LogP contribution in [0.2, 0.25) is 0 Å². The van der Waals surface area contributed by atoms with Crippen LogP contribution in [0.15, 0.2) is 65.7 Å². The minimum atomic E-state index is -0.222. The van der Waals surface area contributed by atoms with E-state index >= 15 is 0 Å². The van der Waals surface area contributed by atoms with Gasteiger partial charge in [-0.2, -0.15) is 0 Å². The number of pyridine rings is 1. The number of para-hydroxylation sites is 1. The molecule has 160 valence electrons. The molecule has 0 saturated carbocycles. The topological polar surface area (TPSA) is 71.1 Å². The number of benzene rings is 2. The van der Waals surface area contributed by atoms with E-state index < -0.39 is 0 Å². The molecule has 0 bridgehead atoms. The SMILES string of the molecule is Cc1cc(C)c(C(=O)Nc2ccccc2C)c(SCC(=O)N[C@H](C)c2ccccc2)n1. The zero-order valence-electron chi connectivity index (χ0n) is 18.2. The second kappa shape index (κ2) is 10.3. The first-order valence-corrected chi connectivity index (χ1v) is 11.2. The molecule has 3 rings (SSSR count). The van der Waals surface area contributed by atoms with E-state index in [-0.39, 0.29) is 23.6 Å². The third kappa shape index (κ3) is 5.95. The largest absolute Gasteiger partial charge is 0.349 e. The maximum atomic E-state index is 13.1. The number of rotatable bonds is 7. The molecule has 1 atom stereocenters. The van der Waals surface area contributed by atoms with Crippen LogP contribution in [0.5, 0.6) is 0 Å². The predicted octanol–water partition coefficient (Wildman–Crippen LogP) is 5.23. The molecule has 0 fully saturated rings. The van der Waals surface area contributed by atoms with Crippen molar-refractivity contribution < 1.29 is 9.59 Å². The Morgan fingerprint density at radius 3 is 2.35 bits per heavy atom. The van der Waals surface area contributed by atoms with E-state index in [2.05, 4.69) is 15.6 Å². The van der Waals surface area contributed by atoms with Gasteiger partial charge < -0.3 is 10.6 Å². The third-order valence-electron chi connectivity index (χ3n) is 4.95. The van der Waals surface area contributed by atoms with Crippen LogP contribution in [0, 0.1) is 20.8 Å². The number of carbonyl (C=O) groups is 2. The third-order valence-corrected chi connectivity index (χ3v) is 5.92. The Kier molecular flexibility index (Phi) is 7.47. The molecule has 0 saturated heterocycles. The average molecular weight is 434 g/mol. The Morgan fingerprint density at radius 2 is 1.65 bits per heavy atom. The summed E-state index contributed by atoms with van der Waals surface area (Å²) in [5, 5.41) is 6.54. The Morgan fingerprint density at radius 1 is 0.968 bits per heavy atom. The molecule has 2 N–H and O–H groups in total. The van der Waals surface area contributed by atoms with Gasteiger partial charge in [-0.25, -0.2) is 4.98 Å². The molecule has 0 radical (unpaired) electrons. The molecular formula is C25H27N3O2S. The van der Waals surface area contributed by atoms with Crippen LogP contribution in [-0.2, 0) is 4.79 Å². The molecule has 2 amide bonds. The van der Waals surface area contributed by atoms with Gasteiger partial charge in [-0.15, -0.1) is 0 Å². The Hall–Kier alpha value is -3.12. The molecule has 0 aliphatic rings. The molecule has 31 heavy (non-hydrogen) atoms. The number of thioether (sulfide) groups is 1. The van der Waals surface area contributed by atoms with Crippen LogP contribution < -0.4 is 10.6 Å². The van der Waals surface area contributed by atoms with Crippen molar-refractivity contribution in [2.75, 3.05) is 11.1 Å². The highest BCUT2D eigenvalue weighted by atomic mass is 32.2. The van der Waals surface area contributed by atoms with E-state index in [4.69, 9.17) is 0 Å². The van der Waals surface area contributed by atoms with Crippen molar-refractivity contribution in [3.05, 3.63) is 88.6 Å². The number of aromatic nitrogens is 1. The smallest absolute Gasteiger partial charge is 0.258 e. The van der Waals surface area contributed by atoms with Gasteiger partial charge in [0, 0.05) is 11.4 Å². The lowest BCUT2D eigenvalue weighted by atomic mass is 10.1. The highest BCUT2D eigenvalue weighted by molar-refractivity contribution is 8.00. The number of carbonyl (C=O) groups excluding carboxylic acids is 2. The molecule has 1 heterocycles. The fourth-order valence-electron chi connectivity index (χ4n) is 3.32. The van der Waals surface area contributed by atoms with Crippen molar-refractivity contribution in [2.45, 2.75) is 38.8 Å². The highest BCUT2D eigenvalue weighted by Crippen LogP contribution is 2.26. The second-order valence-electron chi connectivity index (χ2n) is 7.52. The van der Waals surface area contributed by atoms with Crippen LogP contribution in [0.3, 0.4) is 0 Å². The van der Waals surface area contributed by atoms with E-state index in [1.807, 2.05) is 88.4 Å². The fraction of sp³-hybridized carbons (Fsp3) is 0.240. The summed E-state index contributed by atoms with van der Waals surface area (Å²) in [4.78, 5) is 30.1.